The topological polar surface area (TPSA) is 167 Å². The van der Waals surface area contributed by atoms with Gasteiger partial charge in [0.25, 0.3) is 11.6 Å². The van der Waals surface area contributed by atoms with E-state index in [1.807, 2.05) is 28.8 Å². The van der Waals surface area contributed by atoms with Crippen LogP contribution in [0.2, 0.25) is 0 Å². The molecule has 2 saturated carbocycles. The average molecular weight is 596 g/mol. The number of hydrogen-bond acceptors (Lipinski definition) is 8. The Bertz CT molecular complexity index is 1590. The van der Waals surface area contributed by atoms with Crippen molar-refractivity contribution in [1.82, 2.24) is 24.0 Å². The molecule has 0 radical (unpaired) electrons. The minimum atomic E-state index is -1.26. The molecule has 1 aromatic carbocycles. The van der Waals surface area contributed by atoms with Crippen LogP contribution in [-0.4, -0.2) is 67.1 Å². The lowest BCUT2D eigenvalue weighted by Crippen LogP contribution is -2.41. The number of ether oxygens (including phenoxy) is 2. The van der Waals surface area contributed by atoms with Crippen LogP contribution >= 0.6 is 0 Å². The van der Waals surface area contributed by atoms with Gasteiger partial charge in [-0.05, 0) is 81.1 Å². The highest BCUT2D eigenvalue weighted by atomic mass is 16.5. The first kappa shape index (κ1) is 30.1. The number of fused-ring (bicyclic) bond motifs is 1. The summed E-state index contributed by atoms with van der Waals surface area (Å²) in [5.74, 6) is -0.848. The summed E-state index contributed by atoms with van der Waals surface area (Å²) in [6.07, 6.45) is 7.27. The number of nitrogens with one attached hydrogen (secondary N) is 1. The van der Waals surface area contributed by atoms with Crippen molar-refractivity contribution in [1.29, 1.82) is 0 Å². The molecule has 2 aromatic heterocycles. The zero-order chi connectivity index (χ0) is 30.5. The second kappa shape index (κ2) is 13.3. The lowest BCUT2D eigenvalue weighted by Gasteiger charge is -2.23. The molecule has 2 aliphatic carbocycles. The normalized spacial score (nSPS) is 17.0. The molecule has 3 aromatic rings. The monoisotopic (exact) mass is 595 g/mol. The number of carbonyl (C=O) groups is 2. The number of methoxy groups -OCH3 is 1. The molecule has 3 fully saturated rings. The molecular formula is C30H37N5O8. The number of carboxylic acid groups (broad SMARTS) is 2. The minimum Gasteiger partial charge on any atom is -0.497 e. The third kappa shape index (κ3) is 7.72. The summed E-state index contributed by atoms with van der Waals surface area (Å²) < 4.78 is 16.8. The molecule has 0 amide bonds. The Hall–Kier alpha value is -4.39. The Kier molecular flexibility index (Phi) is 9.29. The van der Waals surface area contributed by atoms with Crippen LogP contribution in [-0.2, 0) is 29.2 Å². The molecule has 13 heteroatoms. The van der Waals surface area contributed by atoms with Gasteiger partial charge in [0.15, 0.2) is 11.2 Å². The van der Waals surface area contributed by atoms with Crippen LogP contribution in [0.5, 0.6) is 11.8 Å². The number of hydrogen-bond donors (Lipinski definition) is 3. The van der Waals surface area contributed by atoms with Gasteiger partial charge in [0.1, 0.15) is 11.9 Å². The van der Waals surface area contributed by atoms with Gasteiger partial charge in [-0.3, -0.25) is 18.5 Å². The van der Waals surface area contributed by atoms with Crippen molar-refractivity contribution in [2.24, 2.45) is 11.8 Å². The number of imidazole rings is 1. The van der Waals surface area contributed by atoms with Crippen LogP contribution in [0.3, 0.4) is 0 Å². The van der Waals surface area contributed by atoms with Gasteiger partial charge >= 0.3 is 17.6 Å². The summed E-state index contributed by atoms with van der Waals surface area (Å²) >= 11 is 0. The SMILES string of the molecule is COc1ccc(Cn2c(OC3CCNCC3)nc3c2c(=O)n(CC2CC2)c(=O)n3CC2CC2)cc1.O=C(O)/C=C\C(=O)O. The summed E-state index contributed by atoms with van der Waals surface area (Å²) in [4.78, 5) is 51.2. The average Bonchev–Trinajstić information content (AvgIpc) is 3.94. The van der Waals surface area contributed by atoms with E-state index in [-0.39, 0.29) is 17.4 Å². The lowest BCUT2D eigenvalue weighted by molar-refractivity contribution is -0.134. The minimum absolute atomic E-state index is 0.0278. The van der Waals surface area contributed by atoms with E-state index >= 15 is 0 Å². The van der Waals surface area contributed by atoms with E-state index in [0.29, 0.717) is 60.8 Å². The summed E-state index contributed by atoms with van der Waals surface area (Å²) in [6, 6.07) is 8.23. The number of aliphatic carboxylic acids is 2. The van der Waals surface area contributed by atoms with Crippen molar-refractivity contribution in [3.05, 3.63) is 62.8 Å². The Balaban J connectivity index is 0.000000407. The molecule has 0 atom stereocenters. The fourth-order valence-corrected chi connectivity index (χ4v) is 5.07. The predicted molar refractivity (Wildman–Crippen MR) is 157 cm³/mol. The predicted octanol–water partition coefficient (Wildman–Crippen LogP) is 2.08. The van der Waals surface area contributed by atoms with Crippen LogP contribution in [0.25, 0.3) is 11.2 Å². The van der Waals surface area contributed by atoms with Gasteiger partial charge in [-0.25, -0.2) is 14.4 Å². The number of aromatic nitrogens is 4. The van der Waals surface area contributed by atoms with Crippen molar-refractivity contribution in [3.8, 4) is 11.8 Å². The Morgan fingerprint density at radius 3 is 2.02 bits per heavy atom. The van der Waals surface area contributed by atoms with Gasteiger partial charge in [0.2, 0.25) is 0 Å². The number of piperidine rings is 1. The van der Waals surface area contributed by atoms with E-state index in [2.05, 4.69) is 5.32 Å². The number of carboxylic acids is 2. The standard InChI is InChI=1S/C26H33N5O4.C4H4O4/c1-34-20-8-6-19(7-9-20)14-29-22-23(28-25(29)35-21-10-12-27-13-11-21)30(15-17-2-3-17)26(33)31(24(22)32)16-18-4-5-18;5-3(6)1-2-4(7)8/h6-9,17-18,21,27H,2-5,10-16H2,1H3;1-2H,(H,5,6)(H,7,8)/b;2-1-. The van der Waals surface area contributed by atoms with E-state index in [1.165, 1.54) is 4.57 Å². The zero-order valence-electron chi connectivity index (χ0n) is 24.1. The molecule has 1 saturated heterocycles. The summed E-state index contributed by atoms with van der Waals surface area (Å²) in [6.45, 7) is 3.30. The summed E-state index contributed by atoms with van der Waals surface area (Å²) in [7, 11) is 1.64. The maximum absolute atomic E-state index is 13.8. The fourth-order valence-electron chi connectivity index (χ4n) is 5.07. The third-order valence-electron chi connectivity index (χ3n) is 7.78. The highest BCUT2D eigenvalue weighted by Gasteiger charge is 2.31. The maximum atomic E-state index is 13.8. The molecule has 0 unspecified atom stereocenters. The zero-order valence-corrected chi connectivity index (χ0v) is 24.1. The highest BCUT2D eigenvalue weighted by Crippen LogP contribution is 2.32. The molecule has 0 bridgehead atoms. The Morgan fingerprint density at radius 1 is 0.907 bits per heavy atom. The lowest BCUT2D eigenvalue weighted by atomic mass is 10.1. The number of benzene rings is 1. The van der Waals surface area contributed by atoms with Crippen LogP contribution < -0.4 is 26.0 Å². The van der Waals surface area contributed by atoms with Crippen molar-refractivity contribution in [3.63, 3.8) is 0 Å². The van der Waals surface area contributed by atoms with Crippen molar-refractivity contribution in [2.75, 3.05) is 20.2 Å². The summed E-state index contributed by atoms with van der Waals surface area (Å²) in [5.41, 5.74) is 1.43. The largest absolute Gasteiger partial charge is 0.497 e. The van der Waals surface area contributed by atoms with Crippen LogP contribution in [0, 0.1) is 11.8 Å². The molecule has 3 heterocycles. The molecule has 3 aliphatic rings. The smallest absolute Gasteiger partial charge is 0.332 e. The molecular weight excluding hydrogens is 558 g/mol. The van der Waals surface area contributed by atoms with E-state index in [0.717, 1.165) is 62.9 Å². The first-order valence-corrected chi connectivity index (χ1v) is 14.6. The van der Waals surface area contributed by atoms with E-state index in [1.54, 1.807) is 11.7 Å². The third-order valence-corrected chi connectivity index (χ3v) is 7.78. The Morgan fingerprint density at radius 2 is 1.49 bits per heavy atom. The van der Waals surface area contributed by atoms with Gasteiger partial charge in [0, 0.05) is 25.2 Å². The van der Waals surface area contributed by atoms with Gasteiger partial charge in [0.05, 0.1) is 13.7 Å². The number of nitrogens with zero attached hydrogens (tertiary/aromatic N) is 4. The van der Waals surface area contributed by atoms with Gasteiger partial charge in [-0.2, -0.15) is 4.98 Å². The van der Waals surface area contributed by atoms with Crippen LogP contribution in [0.4, 0.5) is 0 Å². The van der Waals surface area contributed by atoms with E-state index in [9.17, 15) is 19.2 Å². The molecule has 13 nitrogen and oxygen atoms in total. The van der Waals surface area contributed by atoms with Gasteiger partial charge < -0.3 is 25.0 Å². The van der Waals surface area contributed by atoms with Crippen molar-refractivity contribution < 1.29 is 29.3 Å². The molecule has 230 valence electrons. The Labute approximate surface area is 247 Å². The molecule has 43 heavy (non-hydrogen) atoms. The van der Waals surface area contributed by atoms with Crippen molar-refractivity contribution >= 4 is 23.1 Å². The van der Waals surface area contributed by atoms with Gasteiger partial charge in [-0.15, -0.1) is 0 Å². The van der Waals surface area contributed by atoms with Crippen molar-refractivity contribution in [2.45, 2.75) is 64.3 Å². The van der Waals surface area contributed by atoms with Crippen LogP contribution in [0.15, 0.2) is 46.0 Å². The first-order chi connectivity index (χ1) is 20.7. The number of rotatable bonds is 11. The second-order valence-corrected chi connectivity index (χ2v) is 11.3. The van der Waals surface area contributed by atoms with E-state index in [4.69, 9.17) is 24.7 Å². The van der Waals surface area contributed by atoms with Crippen LogP contribution in [0.1, 0.15) is 44.1 Å². The highest BCUT2D eigenvalue weighted by molar-refractivity contribution is 5.89. The summed E-state index contributed by atoms with van der Waals surface area (Å²) in [5, 5.41) is 19.0. The molecule has 6 rings (SSSR count). The molecule has 1 aliphatic heterocycles. The molecule has 3 N–H and O–H groups in total. The fraction of sp³-hybridized carbons (Fsp3) is 0.500. The maximum Gasteiger partial charge on any atom is 0.332 e. The first-order valence-electron chi connectivity index (χ1n) is 14.6. The second-order valence-electron chi connectivity index (χ2n) is 11.3. The quantitative estimate of drug-likeness (QED) is 0.279. The molecule has 0 spiro atoms. The van der Waals surface area contributed by atoms with E-state index < -0.39 is 11.9 Å². The van der Waals surface area contributed by atoms with Gasteiger partial charge in [-0.1, -0.05) is 12.1 Å².